The van der Waals surface area contributed by atoms with Crippen molar-refractivity contribution < 1.29 is 31.8 Å². The maximum atomic E-state index is 13.4. The fourth-order valence-electron chi connectivity index (χ4n) is 3.81. The van der Waals surface area contributed by atoms with Gasteiger partial charge in [0.2, 0.25) is 0 Å². The van der Waals surface area contributed by atoms with E-state index in [1.54, 1.807) is 27.4 Å². The lowest BCUT2D eigenvalue weighted by Gasteiger charge is -2.37. The van der Waals surface area contributed by atoms with Crippen LogP contribution >= 0.6 is 42.1 Å². The van der Waals surface area contributed by atoms with E-state index in [4.69, 9.17) is 4.52 Å². The molecule has 1 unspecified atom stereocenters. The van der Waals surface area contributed by atoms with Crippen molar-refractivity contribution in [2.45, 2.75) is 25.2 Å². The first-order valence-electron chi connectivity index (χ1n) is 11.1. The molecule has 1 amide bonds. The standard InChI is InChI=1S/C23H28F3IN3O4PS/c1-29(27)15-33-35(32,16-36-2)30-12-10-20(11-13-30)28-22(31)19-5-3-4-18(14-19)17-6-8-21(9-7-17)34-23(24,25)26/h3-9,14,20H,10-13,15-16H2,1-2H3,(H,28,31). The fraction of sp³-hybridized carbons (Fsp3) is 0.435. The lowest BCUT2D eigenvalue weighted by Crippen LogP contribution is -2.44. The van der Waals surface area contributed by atoms with Crippen LogP contribution in [-0.4, -0.2) is 64.7 Å². The highest BCUT2D eigenvalue weighted by molar-refractivity contribution is 14.1. The highest BCUT2D eigenvalue weighted by Gasteiger charge is 2.35. The summed E-state index contributed by atoms with van der Waals surface area (Å²) in [6, 6.07) is 12.3. The number of amides is 1. The molecular weight excluding hydrogens is 629 g/mol. The molecule has 1 aliphatic heterocycles. The molecule has 0 bridgehead atoms. The number of hydrogen-bond donors (Lipinski definition) is 1. The van der Waals surface area contributed by atoms with E-state index in [1.807, 2.05) is 18.0 Å². The number of halogens is 4. The second-order valence-corrected chi connectivity index (χ2v) is 13.6. The molecule has 1 saturated heterocycles. The Bertz CT molecular complexity index is 1070. The third-order valence-electron chi connectivity index (χ3n) is 5.51. The van der Waals surface area contributed by atoms with E-state index in [-0.39, 0.29) is 24.4 Å². The molecule has 7 nitrogen and oxygen atoms in total. The third kappa shape index (κ3) is 8.63. The third-order valence-corrected chi connectivity index (χ3v) is 9.91. The molecule has 1 fully saturated rings. The van der Waals surface area contributed by atoms with Crippen molar-refractivity contribution in [1.29, 1.82) is 0 Å². The smallest absolute Gasteiger partial charge is 0.406 e. The Kier molecular flexibility index (Phi) is 10.5. The van der Waals surface area contributed by atoms with E-state index in [2.05, 4.69) is 32.9 Å². The largest absolute Gasteiger partial charge is 0.573 e. The first-order valence-corrected chi connectivity index (χ1v) is 15.2. The number of ether oxygens (including phenoxy) is 1. The van der Waals surface area contributed by atoms with E-state index in [0.717, 1.165) is 0 Å². The molecule has 13 heteroatoms. The average molecular weight is 657 g/mol. The van der Waals surface area contributed by atoms with Crippen molar-refractivity contribution in [3.8, 4) is 16.9 Å². The van der Waals surface area contributed by atoms with Crippen LogP contribution in [0.15, 0.2) is 48.5 Å². The molecule has 0 radical (unpaired) electrons. The van der Waals surface area contributed by atoms with Gasteiger partial charge in [-0.2, -0.15) is 11.8 Å². The number of benzene rings is 2. The number of nitrogens with zero attached hydrogens (tertiary/aromatic N) is 2. The normalized spacial score (nSPS) is 17.1. The zero-order valence-corrected chi connectivity index (χ0v) is 23.7. The van der Waals surface area contributed by atoms with E-state index in [1.165, 1.54) is 36.0 Å². The number of rotatable bonds is 10. The Morgan fingerprint density at radius 1 is 1.19 bits per heavy atom. The van der Waals surface area contributed by atoms with Crippen molar-refractivity contribution >= 4 is 48.1 Å². The van der Waals surface area contributed by atoms with Gasteiger partial charge in [0.1, 0.15) is 12.5 Å². The Morgan fingerprint density at radius 2 is 1.86 bits per heavy atom. The summed E-state index contributed by atoms with van der Waals surface area (Å²) in [6.45, 7) is 1.38. The lowest BCUT2D eigenvalue weighted by atomic mass is 10.0. The van der Waals surface area contributed by atoms with Gasteiger partial charge in [0.05, 0.1) is 5.49 Å². The molecule has 1 heterocycles. The average Bonchev–Trinajstić information content (AvgIpc) is 2.83. The van der Waals surface area contributed by atoms with E-state index >= 15 is 0 Å². The fourth-order valence-corrected chi connectivity index (χ4v) is 7.78. The van der Waals surface area contributed by atoms with Gasteiger partial charge in [-0.3, -0.25) is 9.36 Å². The predicted molar refractivity (Wildman–Crippen MR) is 144 cm³/mol. The van der Waals surface area contributed by atoms with Gasteiger partial charge in [0, 0.05) is 47.6 Å². The van der Waals surface area contributed by atoms with Crippen molar-refractivity contribution in [3.63, 3.8) is 0 Å². The first kappa shape index (κ1) is 29.2. The molecule has 2 aromatic rings. The molecular formula is C23H28F3IN3O4PS. The van der Waals surface area contributed by atoms with Gasteiger partial charge in [-0.1, -0.05) is 24.3 Å². The SMILES string of the molecule is CSCP(=O)(OCN(C)I)N1CCC(NC(=O)c2cccc(-c3ccc(OC(F)(F)F)cc3)c2)CC1. The molecule has 1 aliphatic rings. The number of nitrogens with one attached hydrogen (secondary N) is 1. The summed E-state index contributed by atoms with van der Waals surface area (Å²) in [4.78, 5) is 12.9. The van der Waals surface area contributed by atoms with Crippen LogP contribution in [0.1, 0.15) is 23.2 Å². The van der Waals surface area contributed by atoms with Crippen LogP contribution < -0.4 is 10.1 Å². The summed E-state index contributed by atoms with van der Waals surface area (Å²) >= 11 is 3.57. The second kappa shape index (κ2) is 13.0. The molecule has 3 rings (SSSR count). The van der Waals surface area contributed by atoms with Gasteiger partial charge in [0.15, 0.2) is 0 Å². The second-order valence-electron chi connectivity index (χ2n) is 8.27. The van der Waals surface area contributed by atoms with Gasteiger partial charge >= 0.3 is 6.36 Å². The molecule has 1 N–H and O–H groups in total. The van der Waals surface area contributed by atoms with Crippen molar-refractivity contribution in [1.82, 2.24) is 13.1 Å². The number of carbonyl (C=O) groups is 1. The summed E-state index contributed by atoms with van der Waals surface area (Å²) in [5, 5.41) is 3.05. The minimum Gasteiger partial charge on any atom is -0.406 e. The van der Waals surface area contributed by atoms with Crippen LogP contribution in [0.25, 0.3) is 11.1 Å². The maximum absolute atomic E-state index is 13.4. The molecule has 0 spiro atoms. The van der Waals surface area contributed by atoms with Crippen molar-refractivity contribution in [2.75, 3.05) is 38.6 Å². The molecule has 198 valence electrons. The lowest BCUT2D eigenvalue weighted by molar-refractivity contribution is -0.274. The zero-order chi connectivity index (χ0) is 26.3. The van der Waals surface area contributed by atoms with E-state index in [0.29, 0.717) is 48.1 Å². The van der Waals surface area contributed by atoms with Crippen LogP contribution in [0, 0.1) is 0 Å². The quantitative estimate of drug-likeness (QED) is 0.141. The van der Waals surface area contributed by atoms with E-state index in [9.17, 15) is 22.5 Å². The van der Waals surface area contributed by atoms with Crippen LogP contribution in [0.2, 0.25) is 0 Å². The highest BCUT2D eigenvalue weighted by Crippen LogP contribution is 2.54. The highest BCUT2D eigenvalue weighted by atomic mass is 127. The number of carbonyl (C=O) groups excluding carboxylic acids is 1. The molecule has 0 saturated carbocycles. The predicted octanol–water partition coefficient (Wildman–Crippen LogP) is 6.22. The summed E-state index contributed by atoms with van der Waals surface area (Å²) in [7, 11) is -1.11. The summed E-state index contributed by atoms with van der Waals surface area (Å²) in [5.41, 5.74) is 2.22. The zero-order valence-electron chi connectivity index (χ0n) is 19.8. The topological polar surface area (TPSA) is 71.1 Å². The molecule has 0 aromatic heterocycles. The molecule has 36 heavy (non-hydrogen) atoms. The summed E-state index contributed by atoms with van der Waals surface area (Å²) in [6.07, 6.45) is -1.56. The summed E-state index contributed by atoms with van der Waals surface area (Å²) < 4.78 is 63.9. The van der Waals surface area contributed by atoms with Crippen LogP contribution in [0.3, 0.4) is 0 Å². The van der Waals surface area contributed by atoms with Crippen molar-refractivity contribution in [2.24, 2.45) is 0 Å². The van der Waals surface area contributed by atoms with Crippen LogP contribution in [0.5, 0.6) is 5.75 Å². The van der Waals surface area contributed by atoms with Gasteiger partial charge < -0.3 is 14.6 Å². The Morgan fingerprint density at radius 3 is 2.44 bits per heavy atom. The number of thioether (sulfide) groups is 1. The molecule has 2 aromatic carbocycles. The van der Waals surface area contributed by atoms with Crippen LogP contribution in [0.4, 0.5) is 13.2 Å². The first-order chi connectivity index (χ1) is 17.0. The van der Waals surface area contributed by atoms with Crippen molar-refractivity contribution in [3.05, 3.63) is 54.1 Å². The molecule has 1 atom stereocenters. The Labute approximate surface area is 227 Å². The minimum atomic E-state index is -4.75. The van der Waals surface area contributed by atoms with Gasteiger partial charge in [-0.15, -0.1) is 13.2 Å². The molecule has 0 aliphatic carbocycles. The van der Waals surface area contributed by atoms with Gasteiger partial charge in [0.25, 0.3) is 13.4 Å². The minimum absolute atomic E-state index is 0.0637. The van der Waals surface area contributed by atoms with Crippen LogP contribution in [-0.2, 0) is 9.09 Å². The summed E-state index contributed by atoms with van der Waals surface area (Å²) in [5.74, 6) is -0.539. The Balaban J connectivity index is 1.59. The number of alkyl halides is 3. The number of hydrogen-bond acceptors (Lipinski definition) is 6. The monoisotopic (exact) mass is 657 g/mol. The maximum Gasteiger partial charge on any atom is 0.573 e. The van der Waals surface area contributed by atoms with Gasteiger partial charge in [-0.25, -0.2) is 7.78 Å². The Hall–Kier alpha value is -1.31. The number of piperidine rings is 1. The van der Waals surface area contributed by atoms with Gasteiger partial charge in [-0.05, 0) is 61.5 Å². The van der Waals surface area contributed by atoms with E-state index < -0.39 is 13.9 Å².